The van der Waals surface area contributed by atoms with E-state index >= 15 is 0 Å². The molecule has 0 radical (unpaired) electrons. The molecular formula is C25H36O6. The van der Waals surface area contributed by atoms with E-state index in [9.17, 15) is 30.0 Å². The molecule has 0 saturated heterocycles. The van der Waals surface area contributed by atoms with Crippen LogP contribution >= 0.6 is 0 Å². The summed E-state index contributed by atoms with van der Waals surface area (Å²) in [6.07, 6.45) is 9.53. The Kier molecular flexibility index (Phi) is 5.84. The second kappa shape index (κ2) is 8.04. The van der Waals surface area contributed by atoms with Crippen molar-refractivity contribution in [2.45, 2.75) is 77.9 Å². The first-order valence-electron chi connectivity index (χ1n) is 11.8. The number of aliphatic carboxylic acids is 2. The van der Waals surface area contributed by atoms with Crippen molar-refractivity contribution in [2.24, 2.45) is 40.4 Å². The van der Waals surface area contributed by atoms with E-state index in [1.165, 1.54) is 5.57 Å². The highest BCUT2D eigenvalue weighted by Gasteiger charge is 2.59. The first kappa shape index (κ1) is 22.5. The summed E-state index contributed by atoms with van der Waals surface area (Å²) in [5, 5.41) is 38.5. The number of carboxylic acid groups (broad SMARTS) is 2. The number of carbonyl (C=O) groups is 2. The minimum absolute atomic E-state index is 0.0150. The average molecular weight is 433 g/mol. The van der Waals surface area contributed by atoms with E-state index < -0.39 is 24.1 Å². The summed E-state index contributed by atoms with van der Waals surface area (Å²) < 4.78 is 0. The number of allylic oxidation sites excluding steroid dienone is 3. The lowest BCUT2D eigenvalue weighted by Gasteiger charge is -2.57. The van der Waals surface area contributed by atoms with Gasteiger partial charge in [-0.25, -0.2) is 0 Å². The topological polar surface area (TPSA) is 115 Å². The van der Waals surface area contributed by atoms with Crippen LogP contribution in [0.3, 0.4) is 0 Å². The number of aliphatic hydroxyl groups excluding tert-OH is 1. The largest absolute Gasteiger partial charge is 0.481 e. The van der Waals surface area contributed by atoms with Gasteiger partial charge in [0.2, 0.25) is 0 Å². The molecule has 0 aromatic carbocycles. The van der Waals surface area contributed by atoms with Crippen molar-refractivity contribution in [2.75, 3.05) is 0 Å². The number of aliphatic hydroxyl groups is 2. The summed E-state index contributed by atoms with van der Waals surface area (Å²) in [6.45, 7) is 4.61. The summed E-state index contributed by atoms with van der Waals surface area (Å²) in [7, 11) is 0. The summed E-state index contributed by atoms with van der Waals surface area (Å²) in [5.74, 6) is -0.812. The SMILES string of the molecule is C[C@]12CC[C@H]3[C@@H](CC=C4C=C(CC(=O)O)CC[C@@]43C)[C@@H]1CC[C@@H]2C(CC(=O)O)C(O)O. The molecule has 1 unspecified atom stereocenters. The van der Waals surface area contributed by atoms with Crippen LogP contribution in [0.15, 0.2) is 23.3 Å². The van der Waals surface area contributed by atoms with E-state index in [1.807, 2.05) is 0 Å². The van der Waals surface area contributed by atoms with Crippen molar-refractivity contribution >= 4 is 11.9 Å². The Morgan fingerprint density at radius 1 is 1.06 bits per heavy atom. The molecular weight excluding hydrogens is 396 g/mol. The number of rotatable bonds is 6. The van der Waals surface area contributed by atoms with Crippen LogP contribution in [0.4, 0.5) is 0 Å². The molecule has 31 heavy (non-hydrogen) atoms. The van der Waals surface area contributed by atoms with Crippen molar-refractivity contribution in [1.29, 1.82) is 0 Å². The first-order valence-corrected chi connectivity index (χ1v) is 11.8. The van der Waals surface area contributed by atoms with E-state index in [4.69, 9.17) is 0 Å². The minimum atomic E-state index is -1.60. The number of fused-ring (bicyclic) bond motifs is 5. The van der Waals surface area contributed by atoms with Gasteiger partial charge in [-0.15, -0.1) is 0 Å². The van der Waals surface area contributed by atoms with Crippen LogP contribution in [0.2, 0.25) is 0 Å². The molecule has 2 fully saturated rings. The van der Waals surface area contributed by atoms with Gasteiger partial charge >= 0.3 is 11.9 Å². The maximum absolute atomic E-state index is 11.4. The standard InChI is InChI=1S/C25H36O6/c1-24-9-7-14(12-21(26)27)11-15(24)3-4-16-18-5-6-19(17(23(30)31)13-22(28)29)25(18,2)10-8-20(16)24/h3,11,16-20,23,30-31H,4-10,12-13H2,1-2H3,(H,26,27)(H,28,29)/t16-,17?,18-,19+,20-,24-,25-/m0/s1. The molecule has 4 N–H and O–H groups in total. The Bertz CT molecular complexity index is 813. The molecule has 172 valence electrons. The van der Waals surface area contributed by atoms with E-state index in [0.29, 0.717) is 17.8 Å². The Morgan fingerprint density at radius 3 is 2.45 bits per heavy atom. The van der Waals surface area contributed by atoms with Crippen LogP contribution in [0, 0.1) is 40.4 Å². The molecule has 4 aliphatic carbocycles. The van der Waals surface area contributed by atoms with E-state index in [2.05, 4.69) is 26.0 Å². The molecule has 0 spiro atoms. The van der Waals surface area contributed by atoms with E-state index in [1.54, 1.807) is 0 Å². The maximum Gasteiger partial charge on any atom is 0.307 e. The normalized spacial score (nSPS) is 40.3. The average Bonchev–Trinajstić information content (AvgIpc) is 3.02. The monoisotopic (exact) mass is 432 g/mol. The highest BCUT2D eigenvalue weighted by molar-refractivity contribution is 5.70. The van der Waals surface area contributed by atoms with E-state index in [0.717, 1.165) is 50.5 Å². The van der Waals surface area contributed by atoms with Gasteiger partial charge in [-0.05, 0) is 85.0 Å². The highest BCUT2D eigenvalue weighted by Crippen LogP contribution is 2.67. The van der Waals surface area contributed by atoms with Gasteiger partial charge < -0.3 is 20.4 Å². The summed E-state index contributed by atoms with van der Waals surface area (Å²) in [6, 6.07) is 0. The summed E-state index contributed by atoms with van der Waals surface area (Å²) in [4.78, 5) is 22.5. The lowest BCUT2D eigenvalue weighted by molar-refractivity contribution is -0.154. The molecule has 0 heterocycles. The maximum atomic E-state index is 11.4. The van der Waals surface area contributed by atoms with Gasteiger partial charge in [0, 0.05) is 5.92 Å². The van der Waals surface area contributed by atoms with Crippen LogP contribution in [-0.2, 0) is 9.59 Å². The first-order chi connectivity index (χ1) is 14.6. The molecule has 6 heteroatoms. The fourth-order valence-corrected chi connectivity index (χ4v) is 8.12. The molecule has 0 aromatic heterocycles. The second-order valence-electron chi connectivity index (χ2n) is 11.0. The van der Waals surface area contributed by atoms with Crippen molar-refractivity contribution < 1.29 is 30.0 Å². The van der Waals surface area contributed by atoms with Crippen molar-refractivity contribution in [1.82, 2.24) is 0 Å². The van der Waals surface area contributed by atoms with Gasteiger partial charge in [0.25, 0.3) is 0 Å². The lowest BCUT2D eigenvalue weighted by Crippen LogP contribution is -2.50. The summed E-state index contributed by atoms with van der Waals surface area (Å²) >= 11 is 0. The number of carboxylic acids is 2. The van der Waals surface area contributed by atoms with Gasteiger partial charge in [-0.3, -0.25) is 9.59 Å². The second-order valence-corrected chi connectivity index (χ2v) is 11.0. The van der Waals surface area contributed by atoms with Crippen LogP contribution in [0.1, 0.15) is 71.6 Å². The molecule has 6 nitrogen and oxygen atoms in total. The van der Waals surface area contributed by atoms with Crippen molar-refractivity contribution in [3.8, 4) is 0 Å². The lowest BCUT2D eigenvalue weighted by atomic mass is 9.47. The smallest absolute Gasteiger partial charge is 0.307 e. The third-order valence-corrected chi connectivity index (χ3v) is 9.61. The third kappa shape index (κ3) is 3.76. The zero-order chi connectivity index (χ0) is 22.6. The third-order valence-electron chi connectivity index (χ3n) is 9.61. The fraction of sp³-hybridized carbons (Fsp3) is 0.760. The molecule has 7 atom stereocenters. The van der Waals surface area contributed by atoms with Gasteiger partial charge in [-0.2, -0.15) is 0 Å². The number of hydrogen-bond donors (Lipinski definition) is 4. The molecule has 2 saturated carbocycles. The Balaban J connectivity index is 1.60. The zero-order valence-electron chi connectivity index (χ0n) is 18.6. The molecule has 0 aliphatic heterocycles. The molecule has 0 amide bonds. The zero-order valence-corrected chi connectivity index (χ0v) is 18.6. The van der Waals surface area contributed by atoms with E-state index in [-0.39, 0.29) is 29.6 Å². The van der Waals surface area contributed by atoms with Gasteiger partial charge in [0.1, 0.15) is 0 Å². The quantitative estimate of drug-likeness (QED) is 0.472. The molecule has 0 aromatic rings. The predicted molar refractivity (Wildman–Crippen MR) is 115 cm³/mol. The minimum Gasteiger partial charge on any atom is -0.481 e. The molecule has 4 rings (SSSR count). The van der Waals surface area contributed by atoms with Crippen molar-refractivity contribution in [3.63, 3.8) is 0 Å². The number of hydrogen-bond acceptors (Lipinski definition) is 4. The van der Waals surface area contributed by atoms with Gasteiger partial charge in [0.15, 0.2) is 6.29 Å². The van der Waals surface area contributed by atoms with Crippen LogP contribution in [-0.4, -0.2) is 38.7 Å². The fourth-order valence-electron chi connectivity index (χ4n) is 8.12. The van der Waals surface area contributed by atoms with Crippen LogP contribution in [0.25, 0.3) is 0 Å². The Hall–Kier alpha value is -1.66. The van der Waals surface area contributed by atoms with Crippen LogP contribution < -0.4 is 0 Å². The summed E-state index contributed by atoms with van der Waals surface area (Å²) in [5.41, 5.74) is 2.33. The highest BCUT2D eigenvalue weighted by atomic mass is 16.5. The van der Waals surface area contributed by atoms with Crippen LogP contribution in [0.5, 0.6) is 0 Å². The van der Waals surface area contributed by atoms with Crippen molar-refractivity contribution in [3.05, 3.63) is 23.3 Å². The Labute approximate surface area is 184 Å². The van der Waals surface area contributed by atoms with Gasteiger partial charge in [-0.1, -0.05) is 31.6 Å². The molecule has 0 bridgehead atoms. The molecule has 4 aliphatic rings. The Morgan fingerprint density at radius 2 is 1.81 bits per heavy atom. The van der Waals surface area contributed by atoms with Gasteiger partial charge in [0.05, 0.1) is 12.8 Å². The predicted octanol–water partition coefficient (Wildman–Crippen LogP) is 3.98.